The fraction of sp³-hybridized carbons (Fsp3) is 0.462. The summed E-state index contributed by atoms with van der Waals surface area (Å²) < 4.78 is 5.80. The summed E-state index contributed by atoms with van der Waals surface area (Å²) >= 11 is 0. The Morgan fingerprint density at radius 2 is 1.32 bits per heavy atom. The number of hydrogen-bond donors (Lipinski definition) is 1. The number of aryl methyl sites for hydroxylation is 1. The average molecular weight is 606 g/mol. The molecule has 44 heavy (non-hydrogen) atoms. The monoisotopic (exact) mass is 605 g/mol. The molecule has 1 amide bonds. The molecule has 0 aliphatic heterocycles. The highest BCUT2D eigenvalue weighted by Gasteiger charge is 2.20. The molecule has 1 N–H and O–H groups in total. The Morgan fingerprint density at radius 1 is 0.864 bits per heavy atom. The highest BCUT2D eigenvalue weighted by molar-refractivity contribution is 6.12. The SMILES string of the molecule is C=C/C=C(C(=O)C(C)CC)\C(=C/C)C(C)=O.CC.CC(=O)NC(C)(C)C.Cc1ccc(Oc2ccc(C(C)(C)C)cc2)cc1. The second kappa shape index (κ2) is 21.1. The van der Waals surface area contributed by atoms with Gasteiger partial charge in [-0.05, 0) is 83.2 Å². The third kappa shape index (κ3) is 18.0. The van der Waals surface area contributed by atoms with Crippen LogP contribution in [-0.2, 0) is 19.8 Å². The van der Waals surface area contributed by atoms with E-state index in [1.165, 1.54) is 25.0 Å². The molecule has 1 atom stereocenters. The molecule has 0 aromatic heterocycles. The van der Waals surface area contributed by atoms with Crippen LogP contribution in [0, 0.1) is 12.8 Å². The van der Waals surface area contributed by atoms with Gasteiger partial charge in [-0.25, -0.2) is 0 Å². The normalized spacial score (nSPS) is 12.0. The minimum absolute atomic E-state index is 0.00528. The van der Waals surface area contributed by atoms with Crippen molar-refractivity contribution in [3.8, 4) is 11.5 Å². The lowest BCUT2D eigenvalue weighted by atomic mass is 9.87. The molecule has 0 radical (unpaired) electrons. The number of allylic oxidation sites excluding steroid dienone is 5. The zero-order valence-corrected chi connectivity index (χ0v) is 30.0. The number of ether oxygens (including phenoxy) is 1. The van der Waals surface area contributed by atoms with Gasteiger partial charge in [0.25, 0.3) is 0 Å². The molecule has 5 nitrogen and oxygen atoms in total. The van der Waals surface area contributed by atoms with Crippen molar-refractivity contribution in [3.63, 3.8) is 0 Å². The van der Waals surface area contributed by atoms with Gasteiger partial charge in [-0.3, -0.25) is 14.4 Å². The fourth-order valence-corrected chi connectivity index (χ4v) is 3.72. The molecular weight excluding hydrogens is 546 g/mol. The molecule has 0 saturated carbocycles. The number of rotatable bonds is 8. The van der Waals surface area contributed by atoms with E-state index in [0.29, 0.717) is 11.1 Å². The zero-order valence-electron chi connectivity index (χ0n) is 30.0. The van der Waals surface area contributed by atoms with Crippen LogP contribution in [0.15, 0.2) is 84.5 Å². The number of Topliss-reactive ketones (excluding diaryl/α,β-unsaturated/α-hetero) is 2. The van der Waals surface area contributed by atoms with Crippen LogP contribution in [-0.4, -0.2) is 23.0 Å². The van der Waals surface area contributed by atoms with Crippen molar-refractivity contribution in [1.29, 1.82) is 0 Å². The number of benzene rings is 2. The van der Waals surface area contributed by atoms with Gasteiger partial charge in [0.15, 0.2) is 11.6 Å². The van der Waals surface area contributed by atoms with E-state index in [4.69, 9.17) is 4.74 Å². The van der Waals surface area contributed by atoms with Gasteiger partial charge in [-0.15, -0.1) is 0 Å². The van der Waals surface area contributed by atoms with Crippen molar-refractivity contribution in [1.82, 2.24) is 5.32 Å². The van der Waals surface area contributed by atoms with Crippen molar-refractivity contribution >= 4 is 17.5 Å². The first kappa shape index (κ1) is 42.4. The number of nitrogens with one attached hydrogen (secondary N) is 1. The predicted octanol–water partition coefficient (Wildman–Crippen LogP) is 10.3. The average Bonchev–Trinajstić information content (AvgIpc) is 2.93. The molecule has 244 valence electrons. The molecule has 0 bridgehead atoms. The Morgan fingerprint density at radius 3 is 1.61 bits per heavy atom. The molecule has 0 aliphatic carbocycles. The predicted molar refractivity (Wildman–Crippen MR) is 188 cm³/mol. The van der Waals surface area contributed by atoms with Crippen LogP contribution in [0.5, 0.6) is 11.5 Å². The Labute approximate surface area is 268 Å². The van der Waals surface area contributed by atoms with Crippen molar-refractivity contribution in [3.05, 3.63) is 95.6 Å². The van der Waals surface area contributed by atoms with Gasteiger partial charge in [-0.2, -0.15) is 0 Å². The molecule has 1 unspecified atom stereocenters. The maximum atomic E-state index is 12.1. The van der Waals surface area contributed by atoms with Gasteiger partial charge < -0.3 is 10.1 Å². The lowest BCUT2D eigenvalue weighted by Gasteiger charge is -2.19. The van der Waals surface area contributed by atoms with Crippen LogP contribution in [0.1, 0.15) is 108 Å². The maximum absolute atomic E-state index is 12.1. The summed E-state index contributed by atoms with van der Waals surface area (Å²) in [5, 5.41) is 2.74. The molecule has 2 rings (SSSR count). The third-order valence-corrected chi connectivity index (χ3v) is 6.10. The van der Waals surface area contributed by atoms with Gasteiger partial charge in [0.1, 0.15) is 11.5 Å². The molecule has 0 heterocycles. The van der Waals surface area contributed by atoms with E-state index in [0.717, 1.165) is 17.9 Å². The van der Waals surface area contributed by atoms with E-state index >= 15 is 0 Å². The smallest absolute Gasteiger partial charge is 0.217 e. The molecule has 0 aliphatic rings. The van der Waals surface area contributed by atoms with Crippen LogP contribution in [0.2, 0.25) is 0 Å². The second-order valence-corrected chi connectivity index (χ2v) is 12.4. The fourth-order valence-electron chi connectivity index (χ4n) is 3.72. The summed E-state index contributed by atoms with van der Waals surface area (Å²) in [6.45, 7) is 30.7. The summed E-state index contributed by atoms with van der Waals surface area (Å²) in [6, 6.07) is 16.4. The van der Waals surface area contributed by atoms with E-state index in [9.17, 15) is 14.4 Å². The van der Waals surface area contributed by atoms with Crippen molar-refractivity contribution in [2.24, 2.45) is 5.92 Å². The maximum Gasteiger partial charge on any atom is 0.217 e. The van der Waals surface area contributed by atoms with Crippen molar-refractivity contribution in [2.75, 3.05) is 0 Å². The molecule has 2 aromatic carbocycles. The van der Waals surface area contributed by atoms with E-state index < -0.39 is 0 Å². The molecule has 2 aromatic rings. The van der Waals surface area contributed by atoms with Gasteiger partial charge in [0.05, 0.1) is 0 Å². The lowest BCUT2D eigenvalue weighted by Crippen LogP contribution is -2.38. The second-order valence-electron chi connectivity index (χ2n) is 12.4. The zero-order chi connectivity index (χ0) is 34.7. The quantitative estimate of drug-likeness (QED) is 0.240. The first-order valence-electron chi connectivity index (χ1n) is 15.5. The third-order valence-electron chi connectivity index (χ3n) is 6.10. The number of ketones is 2. The Bertz CT molecular complexity index is 1220. The Balaban J connectivity index is 0. The van der Waals surface area contributed by atoms with E-state index in [-0.39, 0.29) is 34.3 Å². The van der Waals surface area contributed by atoms with Crippen LogP contribution >= 0.6 is 0 Å². The topological polar surface area (TPSA) is 72.5 Å². The Kier molecular flexibility index (Phi) is 20.3. The largest absolute Gasteiger partial charge is 0.457 e. The van der Waals surface area contributed by atoms with Gasteiger partial charge in [-0.1, -0.05) is 103 Å². The van der Waals surface area contributed by atoms with E-state index in [1.807, 2.05) is 72.7 Å². The number of amides is 1. The van der Waals surface area contributed by atoms with E-state index in [1.54, 1.807) is 25.2 Å². The van der Waals surface area contributed by atoms with Crippen LogP contribution < -0.4 is 10.1 Å². The molecule has 0 spiro atoms. The standard InChI is InChI=1S/C17H20O.C14H20O2.C6H13NO.C2H6/c1-13-5-9-15(10-6-13)18-16-11-7-14(8-12-16)17(2,3)4;1-6-9-13(12(8-3)11(5)15)14(16)10(4)7-2;1-5(8)7-6(2,3)4;1-2/h5-12H,1-4H3;6,8-10H,1,7H2,2-5H3;1-4H3,(H,7,8);1-2H3/b;12-8-,13-9+;;. The molecule has 0 fully saturated rings. The minimum Gasteiger partial charge on any atom is -0.457 e. The molecule has 5 heteroatoms. The van der Waals surface area contributed by atoms with Gasteiger partial charge in [0.2, 0.25) is 5.91 Å². The summed E-state index contributed by atoms with van der Waals surface area (Å²) in [4.78, 5) is 33.8. The van der Waals surface area contributed by atoms with Crippen LogP contribution in [0.25, 0.3) is 0 Å². The van der Waals surface area contributed by atoms with Crippen LogP contribution in [0.3, 0.4) is 0 Å². The Hall–Kier alpha value is -3.73. The number of carbonyl (C=O) groups excluding carboxylic acids is 3. The van der Waals surface area contributed by atoms with Crippen molar-refractivity contribution < 1.29 is 19.1 Å². The van der Waals surface area contributed by atoms with E-state index in [2.05, 4.69) is 63.9 Å². The first-order chi connectivity index (χ1) is 20.4. The molecule has 0 saturated heterocycles. The summed E-state index contributed by atoms with van der Waals surface area (Å²) in [5.41, 5.74) is 3.61. The summed E-state index contributed by atoms with van der Waals surface area (Å²) in [5.74, 6) is 1.63. The highest BCUT2D eigenvalue weighted by Crippen LogP contribution is 2.27. The van der Waals surface area contributed by atoms with Crippen LogP contribution in [0.4, 0.5) is 0 Å². The summed E-state index contributed by atoms with van der Waals surface area (Å²) in [6.07, 6.45) is 5.60. The first-order valence-corrected chi connectivity index (χ1v) is 15.5. The number of hydrogen-bond acceptors (Lipinski definition) is 4. The van der Waals surface area contributed by atoms with Gasteiger partial charge >= 0.3 is 0 Å². The molecular formula is C39H59NO4. The lowest BCUT2D eigenvalue weighted by molar-refractivity contribution is -0.120. The number of carbonyl (C=O) groups is 3. The summed E-state index contributed by atoms with van der Waals surface area (Å²) in [7, 11) is 0. The van der Waals surface area contributed by atoms with Crippen molar-refractivity contribution in [2.45, 2.75) is 114 Å². The van der Waals surface area contributed by atoms with Gasteiger partial charge in [0, 0.05) is 29.5 Å². The minimum atomic E-state index is -0.0905. The highest BCUT2D eigenvalue weighted by atomic mass is 16.5.